The van der Waals surface area contributed by atoms with Crippen molar-refractivity contribution in [2.45, 2.75) is 72.6 Å². The van der Waals surface area contributed by atoms with Crippen molar-refractivity contribution >= 4 is 6.21 Å². The quantitative estimate of drug-likeness (QED) is 0.480. The van der Waals surface area contributed by atoms with Crippen molar-refractivity contribution in [1.82, 2.24) is 0 Å². The van der Waals surface area contributed by atoms with E-state index in [4.69, 9.17) is 0 Å². The lowest BCUT2D eigenvalue weighted by atomic mass is 9.72. The first-order chi connectivity index (χ1) is 11.9. The lowest BCUT2D eigenvalue weighted by Gasteiger charge is -2.33. The van der Waals surface area contributed by atoms with E-state index in [9.17, 15) is 0 Å². The summed E-state index contributed by atoms with van der Waals surface area (Å²) in [5, 5.41) is 0. The number of hydrogen-bond donors (Lipinski definition) is 0. The van der Waals surface area contributed by atoms with Gasteiger partial charge in [0.05, 0.1) is 0 Å². The predicted molar refractivity (Wildman–Crippen MR) is 113 cm³/mol. The van der Waals surface area contributed by atoms with Gasteiger partial charge in [-0.1, -0.05) is 43.7 Å². The second-order valence-electron chi connectivity index (χ2n) is 8.16. The molecule has 25 heavy (non-hydrogen) atoms. The molecule has 0 atom stereocenters. The average Bonchev–Trinajstić information content (AvgIpc) is 2.53. The van der Waals surface area contributed by atoms with E-state index < -0.39 is 0 Å². The highest BCUT2D eigenvalue weighted by Gasteiger charge is 2.26. The van der Waals surface area contributed by atoms with Crippen LogP contribution in [0.1, 0.15) is 74.1 Å². The van der Waals surface area contributed by atoms with Crippen LogP contribution in [-0.2, 0) is 0 Å². The highest BCUT2D eigenvalue weighted by molar-refractivity contribution is 5.72. The average molecular weight is 339 g/mol. The van der Waals surface area contributed by atoms with E-state index in [1.165, 1.54) is 55.2 Å². The first-order valence-corrected chi connectivity index (χ1v) is 9.81. The van der Waals surface area contributed by atoms with Gasteiger partial charge < -0.3 is 0 Å². The van der Waals surface area contributed by atoms with Gasteiger partial charge in [-0.15, -0.1) is 0 Å². The molecular weight excluding hydrogens is 302 g/mol. The standard InChI is InChI=1S/C24H35N/c1-19(12-15-23-20(2)9-8-17-24(23,3)4)22-11-7-6-10-21(13-14-22)16-18-25-5/h12-16,18H,6-11,17H2,1-5H3/p+1/b14-13-,15-12+,21-16+,22-19+,25-18?. The Bertz CT molecular complexity index is 654. The van der Waals surface area contributed by atoms with Crippen LogP contribution in [0.5, 0.6) is 0 Å². The smallest absolute Gasteiger partial charge is 0.297 e. The van der Waals surface area contributed by atoms with Crippen LogP contribution in [0, 0.1) is 5.41 Å². The third-order valence-electron chi connectivity index (χ3n) is 5.65. The fraction of sp³-hybridized carbons (Fsp3) is 0.542. The van der Waals surface area contributed by atoms with E-state index in [1.807, 2.05) is 13.3 Å². The first kappa shape index (κ1) is 19.7. The number of hydrogen-bond acceptors (Lipinski definition) is 1. The van der Waals surface area contributed by atoms with Crippen molar-refractivity contribution in [3.8, 4) is 0 Å². The Morgan fingerprint density at radius 3 is 2.60 bits per heavy atom. The van der Waals surface area contributed by atoms with E-state index in [0.29, 0.717) is 5.41 Å². The van der Waals surface area contributed by atoms with E-state index in [1.54, 1.807) is 11.1 Å². The summed E-state index contributed by atoms with van der Waals surface area (Å²) in [7, 11) is 1.83. The fourth-order valence-electron chi connectivity index (χ4n) is 3.98. The third-order valence-corrected chi connectivity index (χ3v) is 5.65. The van der Waals surface area contributed by atoms with E-state index >= 15 is 0 Å². The Balaban J connectivity index is 0.00000338. The van der Waals surface area contributed by atoms with Crippen LogP contribution in [0.25, 0.3) is 0 Å². The number of nitrogens with zero attached hydrogens (tertiary/aromatic N) is 1. The lowest BCUT2D eigenvalue weighted by molar-refractivity contribution is 0.377. The summed E-state index contributed by atoms with van der Waals surface area (Å²) < 4.78 is 0. The molecule has 1 nitrogen and oxygen atoms in total. The fourth-order valence-corrected chi connectivity index (χ4v) is 3.98. The molecule has 0 spiro atoms. The molecule has 0 amide bonds. The monoisotopic (exact) mass is 338 g/mol. The van der Waals surface area contributed by atoms with Crippen LogP contribution in [0.4, 0.5) is 0 Å². The van der Waals surface area contributed by atoms with Crippen LogP contribution < -0.4 is 0 Å². The van der Waals surface area contributed by atoms with Gasteiger partial charge in [0.15, 0.2) is 0 Å². The Hall–Kier alpha value is -1.63. The van der Waals surface area contributed by atoms with Crippen molar-refractivity contribution < 1.29 is 1.43 Å². The van der Waals surface area contributed by atoms with Gasteiger partial charge in [0.2, 0.25) is 0 Å². The summed E-state index contributed by atoms with van der Waals surface area (Å²) >= 11 is 0. The van der Waals surface area contributed by atoms with E-state index in [2.05, 4.69) is 63.1 Å². The summed E-state index contributed by atoms with van der Waals surface area (Å²) in [6.45, 7) is 9.35. The van der Waals surface area contributed by atoms with E-state index in [-0.39, 0.29) is 1.43 Å². The molecule has 2 aliphatic carbocycles. The van der Waals surface area contributed by atoms with Gasteiger partial charge in [-0.25, -0.2) is 0 Å². The molecule has 136 valence electrons. The molecule has 0 fully saturated rings. The Morgan fingerprint density at radius 2 is 1.88 bits per heavy atom. The summed E-state index contributed by atoms with van der Waals surface area (Å²) in [6, 6.07) is 0. The number of allylic oxidation sites excluding steroid dienone is 10. The number of aliphatic imine (C=N–C) groups is 1. The van der Waals surface area contributed by atoms with Gasteiger partial charge in [-0.05, 0) is 92.6 Å². The van der Waals surface area contributed by atoms with Crippen molar-refractivity contribution in [3.05, 3.63) is 58.2 Å². The molecule has 2 rings (SSSR count). The van der Waals surface area contributed by atoms with Gasteiger partial charge in [0.1, 0.15) is 0 Å². The minimum atomic E-state index is 0. The third kappa shape index (κ3) is 5.70. The lowest BCUT2D eigenvalue weighted by Crippen LogP contribution is -2.19. The van der Waals surface area contributed by atoms with Gasteiger partial charge >= 0.3 is 1.43 Å². The normalized spacial score (nSPS) is 27.0. The topological polar surface area (TPSA) is 12.4 Å². The summed E-state index contributed by atoms with van der Waals surface area (Å²) in [4.78, 5) is 4.08. The van der Waals surface area contributed by atoms with Crippen molar-refractivity contribution in [2.75, 3.05) is 7.05 Å². The maximum Gasteiger partial charge on any atom is 1.00 e. The summed E-state index contributed by atoms with van der Waals surface area (Å²) in [6.07, 6.45) is 22.1. The molecule has 0 unspecified atom stereocenters. The second kappa shape index (κ2) is 9.17. The van der Waals surface area contributed by atoms with Crippen LogP contribution in [0.2, 0.25) is 0 Å². The molecule has 0 saturated carbocycles. The molecule has 0 N–H and O–H groups in total. The largest absolute Gasteiger partial charge is 1.00 e. The van der Waals surface area contributed by atoms with Gasteiger partial charge in [0, 0.05) is 13.3 Å². The summed E-state index contributed by atoms with van der Waals surface area (Å²) in [5.41, 5.74) is 7.70. The van der Waals surface area contributed by atoms with Crippen LogP contribution in [-0.4, -0.2) is 13.3 Å². The molecular formula is C24H36N+. The predicted octanol–water partition coefficient (Wildman–Crippen LogP) is 7.26. The highest BCUT2D eigenvalue weighted by atomic mass is 14.6. The minimum absolute atomic E-state index is 0. The molecule has 0 bridgehead atoms. The van der Waals surface area contributed by atoms with Crippen LogP contribution in [0.15, 0.2) is 63.2 Å². The molecule has 0 radical (unpaired) electrons. The zero-order chi connectivity index (χ0) is 18.3. The molecule has 0 aromatic rings. The van der Waals surface area contributed by atoms with Gasteiger partial charge in [-0.3, -0.25) is 4.99 Å². The maximum absolute atomic E-state index is 4.08. The zero-order valence-corrected chi connectivity index (χ0v) is 16.9. The molecule has 0 aromatic carbocycles. The van der Waals surface area contributed by atoms with Crippen molar-refractivity contribution in [2.24, 2.45) is 10.4 Å². The zero-order valence-electron chi connectivity index (χ0n) is 17.9. The minimum Gasteiger partial charge on any atom is -0.297 e. The molecule has 0 heterocycles. The molecule has 0 aromatic heterocycles. The maximum atomic E-state index is 4.08. The highest BCUT2D eigenvalue weighted by Crippen LogP contribution is 2.40. The molecule has 0 saturated heterocycles. The number of rotatable bonds is 3. The Morgan fingerprint density at radius 1 is 1.12 bits per heavy atom. The Kier molecular flexibility index (Phi) is 7.23. The van der Waals surface area contributed by atoms with Crippen molar-refractivity contribution in [3.63, 3.8) is 0 Å². The molecule has 1 heteroatoms. The van der Waals surface area contributed by atoms with Gasteiger partial charge in [0.25, 0.3) is 0 Å². The van der Waals surface area contributed by atoms with Crippen LogP contribution in [0.3, 0.4) is 0 Å². The molecule has 0 aliphatic heterocycles. The molecule has 2 aliphatic rings. The SMILES string of the molecule is CN=C/C=C1/C=C\C(=C(C)\C=C\C2=C(C)CCCC2(C)C)CCCC1.[H+]. The summed E-state index contributed by atoms with van der Waals surface area (Å²) in [5.74, 6) is 0. The first-order valence-electron chi connectivity index (χ1n) is 9.81. The van der Waals surface area contributed by atoms with Crippen molar-refractivity contribution in [1.29, 1.82) is 0 Å². The van der Waals surface area contributed by atoms with Gasteiger partial charge in [-0.2, -0.15) is 0 Å². The Labute approximate surface area is 156 Å². The van der Waals surface area contributed by atoms with Crippen LogP contribution >= 0.6 is 0 Å². The van der Waals surface area contributed by atoms with E-state index in [0.717, 1.165) is 6.42 Å². The second-order valence-corrected chi connectivity index (χ2v) is 8.16.